The van der Waals surface area contributed by atoms with Crippen molar-refractivity contribution in [2.45, 2.75) is 64.8 Å². The predicted molar refractivity (Wildman–Crippen MR) is 71.8 cm³/mol. The third-order valence-corrected chi connectivity index (χ3v) is 2.76. The highest BCUT2D eigenvalue weighted by molar-refractivity contribution is 5.94. The fourth-order valence-electron chi connectivity index (χ4n) is 1.70. The van der Waals surface area contributed by atoms with Crippen molar-refractivity contribution in [2.24, 2.45) is 0 Å². The van der Waals surface area contributed by atoms with Gasteiger partial charge in [0.1, 0.15) is 0 Å². The predicted octanol–water partition coefficient (Wildman–Crippen LogP) is 2.04. The molecule has 0 fully saturated rings. The number of hydrogen-bond acceptors (Lipinski definition) is 3. The zero-order chi connectivity index (χ0) is 14.7. The highest BCUT2D eigenvalue weighted by atomic mass is 16.4. The molecule has 0 bridgehead atoms. The Labute approximate surface area is 113 Å². The Kier molecular flexibility index (Phi) is 9.48. The van der Waals surface area contributed by atoms with Crippen LogP contribution < -0.4 is 10.6 Å². The lowest BCUT2D eigenvalue weighted by Crippen LogP contribution is -2.44. The zero-order valence-corrected chi connectivity index (χ0v) is 11.7. The van der Waals surface area contributed by atoms with Gasteiger partial charge in [-0.2, -0.15) is 0 Å². The molecule has 0 saturated carbocycles. The number of nitrogens with one attached hydrogen (secondary N) is 2. The molecule has 0 saturated heterocycles. The number of rotatable bonds is 9. The van der Waals surface area contributed by atoms with E-state index in [4.69, 9.17) is 5.11 Å². The lowest BCUT2D eigenvalue weighted by molar-refractivity contribution is -0.137. The Hall–Kier alpha value is -1.59. The van der Waals surface area contributed by atoms with Crippen LogP contribution in [0.25, 0.3) is 0 Å². The number of unbranched alkanes of at least 4 members (excludes halogenated alkanes) is 1. The van der Waals surface area contributed by atoms with Crippen LogP contribution in [0.1, 0.15) is 58.8 Å². The van der Waals surface area contributed by atoms with Crippen molar-refractivity contribution in [1.29, 1.82) is 0 Å². The van der Waals surface area contributed by atoms with Crippen LogP contribution in [0.4, 0.5) is 4.79 Å². The van der Waals surface area contributed by atoms with Gasteiger partial charge in [0.05, 0.1) is 0 Å². The quantitative estimate of drug-likeness (QED) is 0.560. The van der Waals surface area contributed by atoms with Gasteiger partial charge in [-0.25, -0.2) is 4.79 Å². The Morgan fingerprint density at radius 3 is 2.26 bits per heavy atom. The third kappa shape index (κ3) is 10.1. The fraction of sp³-hybridized carbons (Fsp3) is 0.769. The second kappa shape index (κ2) is 10.3. The molecule has 0 aliphatic carbocycles. The molecule has 0 spiro atoms. The topological polar surface area (TPSA) is 95.5 Å². The molecule has 0 aliphatic heterocycles. The van der Waals surface area contributed by atoms with Crippen molar-refractivity contribution < 1.29 is 19.5 Å². The van der Waals surface area contributed by atoms with Crippen LogP contribution in [0.2, 0.25) is 0 Å². The van der Waals surface area contributed by atoms with E-state index in [2.05, 4.69) is 10.6 Å². The maximum Gasteiger partial charge on any atom is 0.321 e. The Morgan fingerprint density at radius 2 is 1.74 bits per heavy atom. The number of carboxylic acid groups (broad SMARTS) is 1. The second-order valence-corrected chi connectivity index (χ2v) is 4.52. The van der Waals surface area contributed by atoms with E-state index in [0.29, 0.717) is 12.8 Å². The number of carbonyl (C=O) groups is 3. The maximum atomic E-state index is 11.5. The van der Waals surface area contributed by atoms with Crippen LogP contribution in [-0.2, 0) is 9.59 Å². The van der Waals surface area contributed by atoms with E-state index in [9.17, 15) is 14.4 Å². The first-order chi connectivity index (χ1) is 8.99. The molecule has 3 amide bonds. The van der Waals surface area contributed by atoms with Crippen molar-refractivity contribution >= 4 is 17.9 Å². The standard InChI is InChI=1S/C13H24N2O4/c1-3-7-10(4-2)14-13(19)15-11(16)8-5-6-9-12(17)18/h10H,3-9H2,1-2H3,(H,17,18)(H2,14,15,16,19). The molecule has 0 heterocycles. The van der Waals surface area contributed by atoms with E-state index in [0.717, 1.165) is 19.3 Å². The minimum Gasteiger partial charge on any atom is -0.481 e. The summed E-state index contributed by atoms with van der Waals surface area (Å²) in [6.45, 7) is 4.02. The Balaban J connectivity index is 3.79. The number of imide groups is 1. The van der Waals surface area contributed by atoms with Crippen molar-refractivity contribution in [3.05, 3.63) is 0 Å². The van der Waals surface area contributed by atoms with E-state index in [1.807, 2.05) is 13.8 Å². The van der Waals surface area contributed by atoms with E-state index in [1.54, 1.807) is 0 Å². The molecule has 0 aromatic carbocycles. The minimum absolute atomic E-state index is 0.0495. The minimum atomic E-state index is -0.872. The number of hydrogen-bond donors (Lipinski definition) is 3. The Morgan fingerprint density at radius 1 is 1.11 bits per heavy atom. The molecule has 0 aromatic rings. The van der Waals surface area contributed by atoms with Crippen molar-refractivity contribution in [3.63, 3.8) is 0 Å². The number of carbonyl (C=O) groups excluding carboxylic acids is 2. The third-order valence-electron chi connectivity index (χ3n) is 2.76. The Bertz CT molecular complexity index is 305. The molecule has 0 aromatic heterocycles. The van der Waals surface area contributed by atoms with Crippen molar-refractivity contribution in [1.82, 2.24) is 10.6 Å². The smallest absolute Gasteiger partial charge is 0.321 e. The van der Waals surface area contributed by atoms with Gasteiger partial charge in [0.25, 0.3) is 0 Å². The first kappa shape index (κ1) is 17.4. The maximum absolute atomic E-state index is 11.5. The summed E-state index contributed by atoms with van der Waals surface area (Å²) in [4.78, 5) is 33.2. The molecule has 0 aliphatic rings. The van der Waals surface area contributed by atoms with Crippen LogP contribution in [0.5, 0.6) is 0 Å². The average Bonchev–Trinajstić information content (AvgIpc) is 2.33. The second-order valence-electron chi connectivity index (χ2n) is 4.52. The van der Waals surface area contributed by atoms with Crippen LogP contribution in [0.3, 0.4) is 0 Å². The number of amides is 3. The van der Waals surface area contributed by atoms with E-state index < -0.39 is 12.0 Å². The molecule has 1 unspecified atom stereocenters. The summed E-state index contributed by atoms with van der Waals surface area (Å²) in [5, 5.41) is 13.4. The summed E-state index contributed by atoms with van der Waals surface area (Å²) < 4.78 is 0. The van der Waals surface area contributed by atoms with Crippen LogP contribution in [0.15, 0.2) is 0 Å². The van der Waals surface area contributed by atoms with Gasteiger partial charge < -0.3 is 10.4 Å². The van der Waals surface area contributed by atoms with Crippen molar-refractivity contribution in [3.8, 4) is 0 Å². The molecule has 3 N–H and O–H groups in total. The van der Waals surface area contributed by atoms with Gasteiger partial charge in [-0.1, -0.05) is 20.3 Å². The molecule has 0 rings (SSSR count). The molecular formula is C13H24N2O4. The summed E-state index contributed by atoms with van der Waals surface area (Å²) >= 11 is 0. The zero-order valence-electron chi connectivity index (χ0n) is 11.7. The summed E-state index contributed by atoms with van der Waals surface area (Å²) in [5.74, 6) is -1.24. The largest absolute Gasteiger partial charge is 0.481 e. The molecule has 6 heteroatoms. The summed E-state index contributed by atoms with van der Waals surface area (Å²) in [6.07, 6.45) is 3.82. The molecule has 0 radical (unpaired) electrons. The van der Waals surface area contributed by atoms with Gasteiger partial charge >= 0.3 is 12.0 Å². The number of aliphatic carboxylic acids is 1. The summed E-state index contributed by atoms with van der Waals surface area (Å²) in [5.41, 5.74) is 0. The first-order valence-electron chi connectivity index (χ1n) is 6.81. The van der Waals surface area contributed by atoms with Crippen molar-refractivity contribution in [2.75, 3.05) is 0 Å². The average molecular weight is 272 g/mol. The van der Waals surface area contributed by atoms with Crippen LogP contribution in [0, 0.1) is 0 Å². The highest BCUT2D eigenvalue weighted by Gasteiger charge is 2.12. The summed E-state index contributed by atoms with van der Waals surface area (Å²) in [6, 6.07) is -0.381. The molecular weight excluding hydrogens is 248 g/mol. The lowest BCUT2D eigenvalue weighted by atomic mass is 10.1. The fourth-order valence-corrected chi connectivity index (χ4v) is 1.70. The molecule has 1 atom stereocenters. The van der Waals surface area contributed by atoms with Gasteiger partial charge in [-0.3, -0.25) is 14.9 Å². The van der Waals surface area contributed by atoms with E-state index in [-0.39, 0.29) is 24.8 Å². The van der Waals surface area contributed by atoms with Gasteiger partial charge in [-0.15, -0.1) is 0 Å². The van der Waals surface area contributed by atoms with Gasteiger partial charge in [0.15, 0.2) is 0 Å². The lowest BCUT2D eigenvalue weighted by Gasteiger charge is -2.16. The van der Waals surface area contributed by atoms with Gasteiger partial charge in [-0.05, 0) is 25.7 Å². The van der Waals surface area contributed by atoms with Gasteiger partial charge in [0.2, 0.25) is 5.91 Å². The van der Waals surface area contributed by atoms with E-state index in [1.165, 1.54) is 0 Å². The molecule has 19 heavy (non-hydrogen) atoms. The van der Waals surface area contributed by atoms with Gasteiger partial charge in [0, 0.05) is 18.9 Å². The van der Waals surface area contributed by atoms with E-state index >= 15 is 0 Å². The SMILES string of the molecule is CCCC(CC)NC(=O)NC(=O)CCCCC(=O)O. The molecule has 110 valence electrons. The molecule has 6 nitrogen and oxygen atoms in total. The normalized spacial score (nSPS) is 11.7. The number of carboxylic acids is 1. The monoisotopic (exact) mass is 272 g/mol. The van der Waals surface area contributed by atoms with Crippen LogP contribution in [-0.4, -0.2) is 29.1 Å². The number of urea groups is 1. The van der Waals surface area contributed by atoms with Crippen LogP contribution >= 0.6 is 0 Å². The first-order valence-corrected chi connectivity index (χ1v) is 6.81. The summed E-state index contributed by atoms with van der Waals surface area (Å²) in [7, 11) is 0. The highest BCUT2D eigenvalue weighted by Crippen LogP contribution is 2.01.